The summed E-state index contributed by atoms with van der Waals surface area (Å²) in [5, 5.41) is 0. The van der Waals surface area contributed by atoms with E-state index in [1.54, 1.807) is 0 Å². The van der Waals surface area contributed by atoms with Crippen molar-refractivity contribution in [1.29, 1.82) is 0 Å². The maximum Gasteiger partial charge on any atom is 0.244 e. The zero-order valence-electron chi connectivity index (χ0n) is 11.6. The maximum atomic E-state index is 4.59. The zero-order chi connectivity index (χ0) is 13.1. The highest BCUT2D eigenvalue weighted by Crippen LogP contribution is 2.09. The molecule has 20 heavy (non-hydrogen) atoms. The molecule has 3 aromatic rings. The molecule has 0 radical (unpaired) electrons. The van der Waals surface area contributed by atoms with Crippen LogP contribution in [0.25, 0.3) is 11.0 Å². The molecule has 1 N–H and O–H groups in total. The number of nitrogens with zero attached hydrogens (tertiary/aromatic N) is 3. The summed E-state index contributed by atoms with van der Waals surface area (Å²) in [4.78, 5) is 7.95. The largest absolute Gasteiger partial charge is 1.00 e. The van der Waals surface area contributed by atoms with Gasteiger partial charge in [0.05, 0.1) is 17.6 Å². The van der Waals surface area contributed by atoms with E-state index in [-0.39, 0.29) is 12.4 Å². The van der Waals surface area contributed by atoms with Crippen molar-refractivity contribution in [3.05, 3.63) is 48.8 Å². The standard InChI is InChI=1S/C15H19N4.ClH/c1-2-3-8-18-9-10-19(12-18)11-15-16-13-6-4-5-7-14(13)17-15;/h4-7,9-10,12H,2-3,8,11H2,1H3,(H,16,17);1H/q+1;/p-1. The van der Waals surface area contributed by atoms with Crippen LogP contribution < -0.4 is 17.0 Å². The number of unbranched alkanes of at least 4 members (excludes halogenated alkanes) is 1. The number of nitrogens with one attached hydrogen (secondary N) is 1. The molecule has 0 aliphatic heterocycles. The number of para-hydroxylation sites is 2. The van der Waals surface area contributed by atoms with Gasteiger partial charge in [-0.3, -0.25) is 0 Å². The average Bonchev–Trinajstić information content (AvgIpc) is 3.02. The maximum absolute atomic E-state index is 4.59. The monoisotopic (exact) mass is 290 g/mol. The van der Waals surface area contributed by atoms with E-state index < -0.39 is 0 Å². The Kier molecular flexibility index (Phi) is 4.79. The van der Waals surface area contributed by atoms with Crippen LogP contribution in [0.1, 0.15) is 25.6 Å². The van der Waals surface area contributed by atoms with E-state index in [4.69, 9.17) is 0 Å². The number of halogens is 1. The Labute approximate surface area is 124 Å². The van der Waals surface area contributed by atoms with Crippen molar-refractivity contribution in [3.63, 3.8) is 0 Å². The van der Waals surface area contributed by atoms with E-state index in [9.17, 15) is 0 Å². The molecule has 0 amide bonds. The van der Waals surface area contributed by atoms with Crippen molar-refractivity contribution in [2.75, 3.05) is 0 Å². The summed E-state index contributed by atoms with van der Waals surface area (Å²) in [5.74, 6) is 0.999. The lowest BCUT2D eigenvalue weighted by Gasteiger charge is -1.93. The van der Waals surface area contributed by atoms with Gasteiger partial charge in [-0.1, -0.05) is 25.5 Å². The number of fused-ring (bicyclic) bond motifs is 1. The second kappa shape index (κ2) is 6.57. The van der Waals surface area contributed by atoms with Gasteiger partial charge in [0.15, 0.2) is 0 Å². The lowest BCUT2D eigenvalue weighted by Crippen LogP contribution is -3.00. The van der Waals surface area contributed by atoms with Crippen LogP contribution in [-0.2, 0) is 13.1 Å². The first kappa shape index (κ1) is 14.6. The van der Waals surface area contributed by atoms with Crippen LogP contribution in [0.4, 0.5) is 0 Å². The molecule has 106 valence electrons. The summed E-state index contributed by atoms with van der Waals surface area (Å²) in [5.41, 5.74) is 2.13. The quantitative estimate of drug-likeness (QED) is 0.633. The molecule has 1 aromatic carbocycles. The van der Waals surface area contributed by atoms with E-state index >= 15 is 0 Å². The smallest absolute Gasteiger partial charge is 0.244 e. The fraction of sp³-hybridized carbons (Fsp3) is 0.333. The van der Waals surface area contributed by atoms with Crippen LogP contribution in [0, 0.1) is 0 Å². The lowest BCUT2D eigenvalue weighted by molar-refractivity contribution is -0.688. The minimum absolute atomic E-state index is 0. The van der Waals surface area contributed by atoms with E-state index in [0.29, 0.717) is 0 Å². The van der Waals surface area contributed by atoms with Gasteiger partial charge < -0.3 is 17.4 Å². The van der Waals surface area contributed by atoms with Crippen LogP contribution in [0.5, 0.6) is 0 Å². The van der Waals surface area contributed by atoms with Crippen LogP contribution >= 0.6 is 0 Å². The number of aromatic amines is 1. The van der Waals surface area contributed by atoms with E-state index in [1.807, 2.05) is 18.2 Å². The van der Waals surface area contributed by atoms with Crippen molar-refractivity contribution >= 4 is 11.0 Å². The van der Waals surface area contributed by atoms with Crippen LogP contribution in [0.2, 0.25) is 0 Å². The topological polar surface area (TPSA) is 37.5 Å². The van der Waals surface area contributed by atoms with E-state index in [0.717, 1.165) is 29.9 Å². The molecule has 0 fully saturated rings. The van der Waals surface area contributed by atoms with Crippen LogP contribution in [-0.4, -0.2) is 14.5 Å². The van der Waals surface area contributed by atoms with Crippen molar-refractivity contribution < 1.29 is 17.0 Å². The molecule has 0 saturated carbocycles. The van der Waals surface area contributed by atoms with Gasteiger partial charge in [0.1, 0.15) is 24.8 Å². The van der Waals surface area contributed by atoms with E-state index in [1.165, 1.54) is 12.8 Å². The molecule has 0 aliphatic carbocycles. The Balaban J connectivity index is 0.00000147. The molecule has 0 unspecified atom stereocenters. The molecule has 0 saturated heterocycles. The fourth-order valence-corrected chi connectivity index (χ4v) is 2.26. The van der Waals surface area contributed by atoms with Gasteiger partial charge in [0.2, 0.25) is 6.33 Å². The van der Waals surface area contributed by atoms with Gasteiger partial charge in [-0.05, 0) is 18.6 Å². The van der Waals surface area contributed by atoms with Gasteiger partial charge in [0.25, 0.3) is 0 Å². The molecule has 0 spiro atoms. The van der Waals surface area contributed by atoms with Crippen molar-refractivity contribution in [2.45, 2.75) is 32.9 Å². The highest BCUT2D eigenvalue weighted by Gasteiger charge is 2.07. The Bertz CT molecular complexity index is 638. The van der Waals surface area contributed by atoms with Gasteiger partial charge in [-0.25, -0.2) is 14.1 Å². The molecule has 0 bridgehead atoms. The molecule has 3 rings (SSSR count). The summed E-state index contributed by atoms with van der Waals surface area (Å²) in [7, 11) is 0. The number of rotatable bonds is 5. The number of imidazole rings is 2. The third-order valence-corrected chi connectivity index (χ3v) is 3.29. The fourth-order valence-electron chi connectivity index (χ4n) is 2.26. The number of aromatic nitrogens is 4. The molecule has 4 nitrogen and oxygen atoms in total. The summed E-state index contributed by atoms with van der Waals surface area (Å²) >= 11 is 0. The number of aryl methyl sites for hydroxylation is 1. The van der Waals surface area contributed by atoms with Gasteiger partial charge in [-0.2, -0.15) is 0 Å². The predicted octanol–water partition coefficient (Wildman–Crippen LogP) is -0.496. The second-order valence-corrected chi connectivity index (χ2v) is 4.88. The normalized spacial score (nSPS) is 10.7. The molecule has 5 heteroatoms. The first-order valence-corrected chi connectivity index (χ1v) is 6.83. The zero-order valence-corrected chi connectivity index (χ0v) is 12.3. The Morgan fingerprint density at radius 2 is 2.15 bits per heavy atom. The van der Waals surface area contributed by atoms with Crippen molar-refractivity contribution in [2.24, 2.45) is 0 Å². The van der Waals surface area contributed by atoms with Crippen LogP contribution in [0.3, 0.4) is 0 Å². The van der Waals surface area contributed by atoms with Gasteiger partial charge in [-0.15, -0.1) is 0 Å². The number of hydrogen-bond acceptors (Lipinski definition) is 1. The van der Waals surface area contributed by atoms with Gasteiger partial charge in [0, 0.05) is 0 Å². The summed E-state index contributed by atoms with van der Waals surface area (Å²) in [6.07, 6.45) is 8.81. The van der Waals surface area contributed by atoms with Crippen molar-refractivity contribution in [3.8, 4) is 0 Å². The first-order chi connectivity index (χ1) is 9.35. The molecule has 2 aromatic heterocycles. The molecular formula is C15H19ClN4. The summed E-state index contributed by atoms with van der Waals surface area (Å²) in [6.45, 7) is 4.09. The third-order valence-electron chi connectivity index (χ3n) is 3.29. The lowest BCUT2D eigenvalue weighted by atomic mass is 10.3. The minimum Gasteiger partial charge on any atom is -1.00 e. The predicted molar refractivity (Wildman–Crippen MR) is 74.7 cm³/mol. The minimum atomic E-state index is 0. The van der Waals surface area contributed by atoms with Crippen LogP contribution in [0.15, 0.2) is 43.0 Å². The summed E-state index contributed by atoms with van der Waals surface area (Å²) in [6, 6.07) is 8.13. The summed E-state index contributed by atoms with van der Waals surface area (Å²) < 4.78 is 4.39. The number of benzene rings is 1. The molecular weight excluding hydrogens is 272 g/mol. The van der Waals surface area contributed by atoms with Crippen molar-refractivity contribution in [1.82, 2.24) is 14.5 Å². The molecule has 2 heterocycles. The highest BCUT2D eigenvalue weighted by molar-refractivity contribution is 5.74. The molecule has 0 aliphatic rings. The number of hydrogen-bond donors (Lipinski definition) is 1. The molecule has 0 atom stereocenters. The number of H-pyrrole nitrogens is 1. The second-order valence-electron chi connectivity index (χ2n) is 4.88. The Hall–Kier alpha value is -1.81. The highest BCUT2D eigenvalue weighted by atomic mass is 35.5. The third kappa shape index (κ3) is 3.20. The Morgan fingerprint density at radius 3 is 2.95 bits per heavy atom. The van der Waals surface area contributed by atoms with Gasteiger partial charge >= 0.3 is 0 Å². The van der Waals surface area contributed by atoms with E-state index in [2.05, 4.69) is 50.8 Å². The average molecular weight is 291 g/mol. The SMILES string of the molecule is CCCCn1cc[n+](Cc2nc3ccccc3[nH]2)c1.[Cl-]. The Morgan fingerprint density at radius 1 is 1.30 bits per heavy atom. The first-order valence-electron chi connectivity index (χ1n) is 6.83.